The van der Waals surface area contributed by atoms with E-state index in [4.69, 9.17) is 0 Å². The Kier molecular flexibility index (Phi) is 4.51. The van der Waals surface area contributed by atoms with Crippen molar-refractivity contribution in [3.8, 4) is 5.88 Å². The molecule has 2 aliphatic heterocycles. The molecule has 0 spiro atoms. The maximum Gasteiger partial charge on any atom is 0.261 e. The molecule has 4 heterocycles. The fraction of sp³-hybridized carbons (Fsp3) is 0.364. The minimum atomic E-state index is -0.413. The molecule has 0 radical (unpaired) electrons. The molecular weight excluding hydrogens is 382 g/mol. The smallest absolute Gasteiger partial charge is 0.261 e. The number of hydrogen-bond donors (Lipinski definition) is 1. The maximum absolute atomic E-state index is 12.2. The molecule has 2 unspecified atom stereocenters. The second-order valence-electron chi connectivity index (χ2n) is 8.21. The zero-order chi connectivity index (χ0) is 20.8. The van der Waals surface area contributed by atoms with Gasteiger partial charge in [-0.05, 0) is 24.5 Å². The number of likely N-dealkylation sites (tertiary alicyclic amines) is 1. The zero-order valence-corrected chi connectivity index (χ0v) is 16.7. The van der Waals surface area contributed by atoms with E-state index in [0.29, 0.717) is 24.2 Å². The lowest BCUT2D eigenvalue weighted by molar-refractivity contribution is -0.116. The van der Waals surface area contributed by atoms with E-state index in [1.807, 2.05) is 39.5 Å². The first-order valence-corrected chi connectivity index (χ1v) is 10.2. The number of nitrogens with zero attached hydrogens (tertiary/aromatic N) is 5. The van der Waals surface area contributed by atoms with Crippen LogP contribution in [0.2, 0.25) is 0 Å². The molecule has 8 heteroatoms. The van der Waals surface area contributed by atoms with E-state index in [-0.39, 0.29) is 11.4 Å². The van der Waals surface area contributed by atoms with Crippen LogP contribution in [0.5, 0.6) is 5.88 Å². The summed E-state index contributed by atoms with van der Waals surface area (Å²) in [5.74, 6) is 0.293. The summed E-state index contributed by atoms with van der Waals surface area (Å²) in [7, 11) is 0. The fourth-order valence-corrected chi connectivity index (χ4v) is 4.94. The van der Waals surface area contributed by atoms with Gasteiger partial charge in [-0.1, -0.05) is 24.3 Å². The van der Waals surface area contributed by atoms with Gasteiger partial charge in [0.2, 0.25) is 5.88 Å². The average Bonchev–Trinajstić information content (AvgIpc) is 2.98. The molecule has 8 nitrogen and oxygen atoms in total. The molecule has 1 N–H and O–H groups in total. The van der Waals surface area contributed by atoms with E-state index in [1.165, 1.54) is 6.92 Å². The van der Waals surface area contributed by atoms with Crippen molar-refractivity contribution in [3.05, 3.63) is 58.5 Å². The van der Waals surface area contributed by atoms with Crippen molar-refractivity contribution in [2.24, 2.45) is 16.1 Å². The molecule has 0 saturated carbocycles. The minimum absolute atomic E-state index is 0.00792. The van der Waals surface area contributed by atoms with Crippen molar-refractivity contribution in [1.29, 1.82) is 0 Å². The van der Waals surface area contributed by atoms with Crippen molar-refractivity contribution in [2.75, 3.05) is 13.1 Å². The monoisotopic (exact) mass is 405 g/mol. The number of fused-ring (bicyclic) bond motifs is 5. The van der Waals surface area contributed by atoms with E-state index in [2.05, 4.69) is 21.2 Å². The molecule has 1 amide bonds. The van der Waals surface area contributed by atoms with Gasteiger partial charge in [-0.2, -0.15) is 0 Å². The second-order valence-corrected chi connectivity index (χ2v) is 8.21. The van der Waals surface area contributed by atoms with Crippen LogP contribution < -0.4 is 5.56 Å². The Morgan fingerprint density at radius 2 is 1.97 bits per heavy atom. The van der Waals surface area contributed by atoms with Gasteiger partial charge < -0.3 is 9.67 Å². The normalized spacial score (nSPS) is 21.2. The molecule has 3 aromatic rings. The number of hydrogen-bond acceptors (Lipinski definition) is 5. The molecule has 154 valence electrons. The molecule has 1 aromatic carbocycles. The maximum atomic E-state index is 12.2. The Hall–Kier alpha value is -3.26. The summed E-state index contributed by atoms with van der Waals surface area (Å²) in [6.45, 7) is 4.24. The Bertz CT molecular complexity index is 1230. The van der Waals surface area contributed by atoms with Crippen LogP contribution in [0.15, 0.2) is 57.5 Å². The van der Waals surface area contributed by atoms with Crippen LogP contribution in [-0.2, 0) is 18.0 Å². The summed E-state index contributed by atoms with van der Waals surface area (Å²) in [5, 5.41) is 19.2. The standard InChI is InChI=1S/C22H23N5O3/c1-14(28)23-24-21-17-5-2-3-6-19(17)27(22(21)30)13-25-10-15-9-16(12-25)18-7-4-8-20(29)26(18)11-15/h2-8,15-16,30H,9-13H2,1H3. The largest absolute Gasteiger partial charge is 0.493 e. The van der Waals surface area contributed by atoms with Crippen LogP contribution in [0.3, 0.4) is 0 Å². The van der Waals surface area contributed by atoms with E-state index in [0.717, 1.165) is 42.7 Å². The highest BCUT2D eigenvalue weighted by molar-refractivity contribution is 5.95. The number of rotatable bonds is 3. The summed E-state index contributed by atoms with van der Waals surface area (Å²) in [5.41, 5.74) is 2.33. The number of carbonyl (C=O) groups excluding carboxylic acids is 1. The predicted octanol–water partition coefficient (Wildman–Crippen LogP) is 3.22. The summed E-state index contributed by atoms with van der Waals surface area (Å²) in [6.07, 6.45) is 1.08. The molecule has 1 fully saturated rings. The van der Waals surface area contributed by atoms with E-state index in [9.17, 15) is 14.7 Å². The first-order valence-electron chi connectivity index (χ1n) is 10.2. The third kappa shape index (κ3) is 3.13. The summed E-state index contributed by atoms with van der Waals surface area (Å²) in [4.78, 5) is 25.8. The minimum Gasteiger partial charge on any atom is -0.493 e. The van der Waals surface area contributed by atoms with Gasteiger partial charge in [-0.15, -0.1) is 10.2 Å². The van der Waals surface area contributed by atoms with Crippen molar-refractivity contribution < 1.29 is 9.90 Å². The molecule has 2 aromatic heterocycles. The molecule has 2 atom stereocenters. The Morgan fingerprint density at radius 3 is 2.80 bits per heavy atom. The van der Waals surface area contributed by atoms with Crippen molar-refractivity contribution in [2.45, 2.75) is 32.5 Å². The van der Waals surface area contributed by atoms with Gasteiger partial charge in [0.25, 0.3) is 11.5 Å². The van der Waals surface area contributed by atoms with Crippen LogP contribution in [0, 0.1) is 5.92 Å². The Labute approximate surface area is 173 Å². The van der Waals surface area contributed by atoms with Gasteiger partial charge >= 0.3 is 0 Å². The van der Waals surface area contributed by atoms with Gasteiger partial charge in [-0.25, -0.2) is 0 Å². The highest BCUT2D eigenvalue weighted by Gasteiger charge is 2.35. The lowest BCUT2D eigenvalue weighted by atomic mass is 9.83. The van der Waals surface area contributed by atoms with Crippen LogP contribution in [0.1, 0.15) is 25.0 Å². The number of aromatic hydroxyl groups is 1. The van der Waals surface area contributed by atoms with Crippen LogP contribution in [0.25, 0.3) is 10.9 Å². The van der Waals surface area contributed by atoms with Gasteiger partial charge in [-0.3, -0.25) is 19.1 Å². The lowest BCUT2D eigenvalue weighted by Crippen LogP contribution is -2.47. The molecule has 0 aliphatic carbocycles. The number of aromatic nitrogens is 2. The topological polar surface area (TPSA) is 92.2 Å². The van der Waals surface area contributed by atoms with Crippen molar-refractivity contribution in [1.82, 2.24) is 14.0 Å². The third-order valence-corrected chi connectivity index (χ3v) is 6.11. The van der Waals surface area contributed by atoms with E-state index < -0.39 is 5.91 Å². The zero-order valence-electron chi connectivity index (χ0n) is 16.7. The highest BCUT2D eigenvalue weighted by Crippen LogP contribution is 2.40. The SMILES string of the molecule is CC(=O)N=Nc1c(O)n(CN2CC3CC(C2)c2cccc(=O)n2C3)c2ccccc12. The number of para-hydroxylation sites is 1. The Morgan fingerprint density at radius 1 is 1.13 bits per heavy atom. The number of pyridine rings is 1. The first-order chi connectivity index (χ1) is 14.5. The summed E-state index contributed by atoms with van der Waals surface area (Å²) < 4.78 is 3.74. The van der Waals surface area contributed by atoms with Crippen molar-refractivity contribution >= 4 is 22.5 Å². The Balaban J connectivity index is 1.48. The van der Waals surface area contributed by atoms with Gasteiger partial charge in [0, 0.05) is 49.6 Å². The molecule has 1 saturated heterocycles. The number of benzene rings is 1. The number of carbonyl (C=O) groups is 1. The van der Waals surface area contributed by atoms with E-state index >= 15 is 0 Å². The van der Waals surface area contributed by atoms with E-state index in [1.54, 1.807) is 6.07 Å². The third-order valence-electron chi connectivity index (χ3n) is 6.11. The first kappa shape index (κ1) is 18.7. The predicted molar refractivity (Wildman–Crippen MR) is 112 cm³/mol. The average molecular weight is 405 g/mol. The number of amides is 1. The molecule has 5 rings (SSSR count). The van der Waals surface area contributed by atoms with Gasteiger partial charge in [0.1, 0.15) is 0 Å². The van der Waals surface area contributed by atoms with Crippen molar-refractivity contribution in [3.63, 3.8) is 0 Å². The summed E-state index contributed by atoms with van der Waals surface area (Å²) in [6, 6.07) is 13.1. The van der Waals surface area contributed by atoms with Gasteiger partial charge in [0.15, 0.2) is 5.69 Å². The number of azo groups is 1. The highest BCUT2D eigenvalue weighted by atomic mass is 16.3. The molecule has 30 heavy (non-hydrogen) atoms. The number of piperidine rings is 1. The van der Waals surface area contributed by atoms with Crippen LogP contribution in [0.4, 0.5) is 5.69 Å². The summed E-state index contributed by atoms with van der Waals surface area (Å²) >= 11 is 0. The molecular formula is C22H23N5O3. The quantitative estimate of drug-likeness (QED) is 0.677. The second kappa shape index (κ2) is 7.21. The lowest BCUT2D eigenvalue weighted by Gasteiger charge is -2.42. The van der Waals surface area contributed by atoms with Crippen LogP contribution in [-0.4, -0.2) is 38.1 Å². The molecule has 2 bridgehead atoms. The van der Waals surface area contributed by atoms with Gasteiger partial charge in [0.05, 0.1) is 12.2 Å². The fourth-order valence-electron chi connectivity index (χ4n) is 4.94. The molecule has 2 aliphatic rings. The van der Waals surface area contributed by atoms with Crippen LogP contribution >= 0.6 is 0 Å².